The summed E-state index contributed by atoms with van der Waals surface area (Å²) in [6, 6.07) is 3.68. The quantitative estimate of drug-likeness (QED) is 0.609. The van der Waals surface area contributed by atoms with Crippen LogP contribution in [0.25, 0.3) is 10.9 Å². The van der Waals surface area contributed by atoms with Crippen LogP contribution >= 0.6 is 0 Å². The molecule has 1 saturated heterocycles. The Bertz CT molecular complexity index is 1270. The molecule has 166 valence electrons. The van der Waals surface area contributed by atoms with Crippen LogP contribution in [0.5, 0.6) is 0 Å². The van der Waals surface area contributed by atoms with Crippen LogP contribution in [-0.4, -0.2) is 56.1 Å². The monoisotopic (exact) mass is 440 g/mol. The van der Waals surface area contributed by atoms with Gasteiger partial charge in [0, 0.05) is 51.1 Å². The van der Waals surface area contributed by atoms with E-state index in [2.05, 4.69) is 15.1 Å². The number of aryl methyl sites for hydroxylation is 2. The average Bonchev–Trinajstić information content (AvgIpc) is 2.80. The maximum atomic E-state index is 13.4. The summed E-state index contributed by atoms with van der Waals surface area (Å²) in [7, 11) is 1.58. The summed E-state index contributed by atoms with van der Waals surface area (Å²) in [6.07, 6.45) is 5.77. The number of halogens is 2. The van der Waals surface area contributed by atoms with Gasteiger partial charge in [0.05, 0.1) is 23.6 Å². The van der Waals surface area contributed by atoms with Gasteiger partial charge in [0.15, 0.2) is 0 Å². The van der Waals surface area contributed by atoms with E-state index in [9.17, 15) is 18.4 Å². The van der Waals surface area contributed by atoms with E-state index in [0.717, 1.165) is 36.5 Å². The van der Waals surface area contributed by atoms with E-state index in [1.54, 1.807) is 19.4 Å². The Morgan fingerprint density at radius 1 is 1.06 bits per heavy atom. The Balaban J connectivity index is 1.43. The normalized spacial score (nSPS) is 18.0. The lowest BCUT2D eigenvalue weighted by Crippen LogP contribution is -2.42. The number of alkyl halides is 2. The van der Waals surface area contributed by atoms with E-state index >= 15 is 0 Å². The van der Waals surface area contributed by atoms with Gasteiger partial charge in [-0.1, -0.05) is 0 Å². The smallest absolute Gasteiger partial charge is 0.292 e. The highest BCUT2D eigenvalue weighted by atomic mass is 19.3. The standard InChI is InChI=1S/C22H22F2N6O2/c1-28-21(32)18-15(12-27-28)10-17(13-25-18)30-6-2-3-14-9-16(11-26-19(14)30)20(31)29-7-4-22(23,24)5-8-29/h9-13H,2-8H2,1H3. The summed E-state index contributed by atoms with van der Waals surface area (Å²) >= 11 is 0. The maximum Gasteiger partial charge on any atom is 0.292 e. The van der Waals surface area contributed by atoms with Gasteiger partial charge < -0.3 is 9.80 Å². The lowest BCUT2D eigenvalue weighted by molar-refractivity contribution is -0.0494. The third kappa shape index (κ3) is 3.59. The van der Waals surface area contributed by atoms with Crippen LogP contribution in [0.3, 0.4) is 0 Å². The summed E-state index contributed by atoms with van der Waals surface area (Å²) in [5.74, 6) is -2.22. The third-order valence-corrected chi connectivity index (χ3v) is 6.14. The van der Waals surface area contributed by atoms with Crippen LogP contribution < -0.4 is 10.5 Å². The number of amides is 1. The highest BCUT2D eigenvalue weighted by Crippen LogP contribution is 2.33. The van der Waals surface area contributed by atoms with Crippen LogP contribution in [0.15, 0.2) is 35.5 Å². The van der Waals surface area contributed by atoms with Gasteiger partial charge in [0.25, 0.3) is 17.4 Å². The predicted molar refractivity (Wildman–Crippen MR) is 114 cm³/mol. The SMILES string of the molecule is Cn1ncc2cc(N3CCCc4cc(C(=O)N5CCC(F)(F)CC5)cnc43)cnc2c1=O. The Hall–Kier alpha value is -3.43. The number of fused-ring (bicyclic) bond motifs is 2. The van der Waals surface area contributed by atoms with Crippen LogP contribution in [-0.2, 0) is 13.5 Å². The molecule has 0 bridgehead atoms. The fraction of sp³-hybridized carbons (Fsp3) is 0.409. The fourth-order valence-electron chi connectivity index (χ4n) is 4.30. The molecule has 32 heavy (non-hydrogen) atoms. The van der Waals surface area contributed by atoms with Gasteiger partial charge in [-0.2, -0.15) is 5.10 Å². The zero-order valence-electron chi connectivity index (χ0n) is 17.6. The van der Waals surface area contributed by atoms with Crippen LogP contribution in [0.1, 0.15) is 35.2 Å². The van der Waals surface area contributed by atoms with Crippen molar-refractivity contribution < 1.29 is 13.6 Å². The highest BCUT2D eigenvalue weighted by Gasteiger charge is 2.36. The van der Waals surface area contributed by atoms with Crippen molar-refractivity contribution in [2.45, 2.75) is 31.6 Å². The Morgan fingerprint density at radius 3 is 2.62 bits per heavy atom. The van der Waals surface area contributed by atoms with E-state index in [1.807, 2.05) is 17.0 Å². The second kappa shape index (κ2) is 7.61. The molecule has 8 nitrogen and oxygen atoms in total. The topological polar surface area (TPSA) is 84.2 Å². The third-order valence-electron chi connectivity index (χ3n) is 6.14. The molecule has 5 heterocycles. The predicted octanol–water partition coefficient (Wildman–Crippen LogP) is 2.68. The molecule has 0 aliphatic carbocycles. The number of carbonyl (C=O) groups excluding carboxylic acids is 1. The van der Waals surface area contributed by atoms with Crippen LogP contribution in [0.2, 0.25) is 0 Å². The molecule has 10 heteroatoms. The van der Waals surface area contributed by atoms with E-state index in [-0.39, 0.29) is 37.4 Å². The molecule has 2 aliphatic rings. The minimum absolute atomic E-state index is 0.0469. The number of pyridine rings is 2. The van der Waals surface area contributed by atoms with Gasteiger partial charge in [-0.15, -0.1) is 0 Å². The summed E-state index contributed by atoms with van der Waals surface area (Å²) in [4.78, 5) is 37.4. The van der Waals surface area contributed by atoms with Crippen LogP contribution in [0.4, 0.5) is 20.3 Å². The number of aromatic nitrogens is 4. The first-order valence-corrected chi connectivity index (χ1v) is 10.6. The first-order valence-electron chi connectivity index (χ1n) is 10.6. The Kier molecular flexibility index (Phi) is 4.87. The van der Waals surface area contributed by atoms with E-state index < -0.39 is 5.92 Å². The van der Waals surface area contributed by atoms with Crippen molar-refractivity contribution in [3.05, 3.63) is 52.2 Å². The van der Waals surface area contributed by atoms with Gasteiger partial charge in [-0.05, 0) is 30.5 Å². The second-order valence-electron chi connectivity index (χ2n) is 8.31. The van der Waals surface area contributed by atoms with Crippen molar-refractivity contribution in [1.82, 2.24) is 24.6 Å². The molecule has 3 aromatic rings. The lowest BCUT2D eigenvalue weighted by Gasteiger charge is -2.33. The molecule has 3 aromatic heterocycles. The number of likely N-dealkylation sites (tertiary alicyclic amines) is 1. The average molecular weight is 440 g/mol. The first-order chi connectivity index (χ1) is 15.3. The van der Waals surface area contributed by atoms with Crippen molar-refractivity contribution in [2.24, 2.45) is 7.05 Å². The van der Waals surface area contributed by atoms with Crippen molar-refractivity contribution in [1.29, 1.82) is 0 Å². The molecule has 0 radical (unpaired) electrons. The first kappa shape index (κ1) is 20.5. The Morgan fingerprint density at radius 2 is 1.84 bits per heavy atom. The maximum absolute atomic E-state index is 13.4. The van der Waals surface area contributed by atoms with Crippen molar-refractivity contribution in [3.63, 3.8) is 0 Å². The Labute approximate surface area is 182 Å². The molecule has 0 unspecified atom stereocenters. The van der Waals surface area contributed by atoms with Crippen molar-refractivity contribution in [3.8, 4) is 0 Å². The summed E-state index contributed by atoms with van der Waals surface area (Å²) in [5, 5.41) is 4.71. The summed E-state index contributed by atoms with van der Waals surface area (Å²) in [6.45, 7) is 0.816. The summed E-state index contributed by atoms with van der Waals surface area (Å²) < 4.78 is 28.1. The van der Waals surface area contributed by atoms with Crippen molar-refractivity contribution in [2.75, 3.05) is 24.5 Å². The van der Waals surface area contributed by atoms with Crippen molar-refractivity contribution >= 4 is 28.3 Å². The zero-order chi connectivity index (χ0) is 22.5. The van der Waals surface area contributed by atoms with Gasteiger partial charge in [0.1, 0.15) is 11.3 Å². The van der Waals surface area contributed by atoms with Crippen LogP contribution in [0, 0.1) is 0 Å². The van der Waals surface area contributed by atoms with E-state index in [1.165, 1.54) is 15.8 Å². The molecule has 1 amide bonds. The number of anilines is 2. The number of rotatable bonds is 2. The number of piperidine rings is 1. The zero-order valence-corrected chi connectivity index (χ0v) is 17.6. The largest absolute Gasteiger partial charge is 0.338 e. The molecule has 0 saturated carbocycles. The molecule has 0 aromatic carbocycles. The molecule has 1 fully saturated rings. The van der Waals surface area contributed by atoms with Gasteiger partial charge in [-0.3, -0.25) is 9.59 Å². The lowest BCUT2D eigenvalue weighted by atomic mass is 10.0. The number of hydrogen-bond donors (Lipinski definition) is 0. The number of hydrogen-bond acceptors (Lipinski definition) is 6. The molecule has 5 rings (SSSR count). The molecule has 0 spiro atoms. The van der Waals surface area contributed by atoms with E-state index in [4.69, 9.17) is 0 Å². The minimum atomic E-state index is -2.70. The minimum Gasteiger partial charge on any atom is -0.338 e. The van der Waals surface area contributed by atoms with Gasteiger partial charge in [-0.25, -0.2) is 23.4 Å². The van der Waals surface area contributed by atoms with E-state index in [0.29, 0.717) is 16.5 Å². The summed E-state index contributed by atoms with van der Waals surface area (Å²) in [5.41, 5.74) is 2.22. The highest BCUT2D eigenvalue weighted by molar-refractivity contribution is 5.94. The fourth-order valence-corrected chi connectivity index (χ4v) is 4.30. The number of carbonyl (C=O) groups is 1. The molecule has 0 N–H and O–H groups in total. The molecular weight excluding hydrogens is 418 g/mol. The van der Waals surface area contributed by atoms with Gasteiger partial charge >= 0.3 is 0 Å². The van der Waals surface area contributed by atoms with Gasteiger partial charge in [0.2, 0.25) is 0 Å². The molecular formula is C22H22F2N6O2. The molecule has 0 atom stereocenters. The number of nitrogens with zero attached hydrogens (tertiary/aromatic N) is 6. The second-order valence-corrected chi connectivity index (χ2v) is 8.31. The molecule has 2 aliphatic heterocycles.